The lowest BCUT2D eigenvalue weighted by atomic mass is 9.75. The number of carbonyl (C=O) groups excluding carboxylic acids is 1. The van der Waals surface area contributed by atoms with E-state index >= 15 is 0 Å². The maximum atomic E-state index is 12.1. The van der Waals surface area contributed by atoms with Crippen LogP contribution < -0.4 is 5.48 Å². The number of hydrogen-bond donors (Lipinski definition) is 2. The summed E-state index contributed by atoms with van der Waals surface area (Å²) in [6.07, 6.45) is 0.715. The zero-order valence-electron chi connectivity index (χ0n) is 12.7. The van der Waals surface area contributed by atoms with Crippen molar-refractivity contribution in [3.05, 3.63) is 0 Å². The minimum atomic E-state index is -1.10. The number of hydrogen-bond acceptors (Lipinski definition) is 4. The summed E-state index contributed by atoms with van der Waals surface area (Å²) in [4.78, 5) is 17.6. The van der Waals surface area contributed by atoms with Gasteiger partial charge >= 0.3 is 0 Å². The largest absolute Gasteiger partial charge is 0.373 e. The van der Waals surface area contributed by atoms with Crippen molar-refractivity contribution in [2.45, 2.75) is 72.6 Å². The van der Waals surface area contributed by atoms with Crippen LogP contribution in [0.3, 0.4) is 0 Å². The number of carbonyl (C=O) groups is 1. The van der Waals surface area contributed by atoms with E-state index in [1.54, 1.807) is 0 Å². The molecular weight excluding hydrogens is 230 g/mol. The van der Waals surface area contributed by atoms with Crippen LogP contribution in [0.25, 0.3) is 0 Å². The molecule has 0 amide bonds. The highest BCUT2D eigenvalue weighted by Crippen LogP contribution is 2.42. The van der Waals surface area contributed by atoms with Gasteiger partial charge in [0.05, 0.1) is 5.60 Å². The quantitative estimate of drug-likeness (QED) is 0.797. The SMILES string of the molecule is CC1(CC(=O)C(C)(C)C)CC(O)(C(C)(C)C)NO1. The first-order chi connectivity index (χ1) is 7.79. The molecular formula is C14H27NO3. The van der Waals surface area contributed by atoms with Crippen molar-refractivity contribution in [3.63, 3.8) is 0 Å². The molecule has 0 radical (unpaired) electrons. The normalized spacial score (nSPS) is 33.8. The van der Waals surface area contributed by atoms with Crippen LogP contribution in [-0.2, 0) is 9.63 Å². The van der Waals surface area contributed by atoms with Crippen LogP contribution in [0.2, 0.25) is 0 Å². The fourth-order valence-corrected chi connectivity index (χ4v) is 1.94. The van der Waals surface area contributed by atoms with Gasteiger partial charge in [0.15, 0.2) is 0 Å². The molecule has 1 saturated heterocycles. The average Bonchev–Trinajstić information content (AvgIpc) is 2.40. The minimum Gasteiger partial charge on any atom is -0.373 e. The van der Waals surface area contributed by atoms with E-state index in [1.165, 1.54) is 0 Å². The number of ketones is 1. The first kappa shape index (κ1) is 15.6. The molecule has 0 aromatic rings. The molecule has 1 rings (SSSR count). The molecule has 0 saturated carbocycles. The molecule has 1 fully saturated rings. The Morgan fingerprint density at radius 3 is 2.11 bits per heavy atom. The highest BCUT2D eigenvalue weighted by molar-refractivity contribution is 5.84. The lowest BCUT2D eigenvalue weighted by molar-refractivity contribution is -0.143. The third-order valence-electron chi connectivity index (χ3n) is 3.71. The molecule has 1 aliphatic heterocycles. The van der Waals surface area contributed by atoms with Gasteiger partial charge in [-0.05, 0) is 6.92 Å². The van der Waals surface area contributed by atoms with Gasteiger partial charge in [0.1, 0.15) is 11.5 Å². The van der Waals surface area contributed by atoms with Crippen LogP contribution in [0.15, 0.2) is 0 Å². The van der Waals surface area contributed by atoms with E-state index in [9.17, 15) is 9.90 Å². The molecule has 0 bridgehead atoms. The lowest BCUT2D eigenvalue weighted by Crippen LogP contribution is -2.50. The van der Waals surface area contributed by atoms with E-state index < -0.39 is 11.3 Å². The Morgan fingerprint density at radius 2 is 1.78 bits per heavy atom. The number of rotatable bonds is 2. The second kappa shape index (κ2) is 4.29. The van der Waals surface area contributed by atoms with Gasteiger partial charge in [-0.1, -0.05) is 41.5 Å². The third-order valence-corrected chi connectivity index (χ3v) is 3.71. The molecule has 2 unspecified atom stereocenters. The summed E-state index contributed by atoms with van der Waals surface area (Å²) < 4.78 is 0. The molecule has 0 aromatic carbocycles. The molecule has 0 spiro atoms. The van der Waals surface area contributed by atoms with E-state index in [0.717, 1.165) is 0 Å². The Hall–Kier alpha value is -0.450. The Morgan fingerprint density at radius 1 is 1.28 bits per heavy atom. The summed E-state index contributed by atoms with van der Waals surface area (Å²) in [6.45, 7) is 13.4. The van der Waals surface area contributed by atoms with Crippen LogP contribution in [0.4, 0.5) is 0 Å². The second-order valence-electron chi connectivity index (χ2n) is 7.79. The van der Waals surface area contributed by atoms with E-state index in [-0.39, 0.29) is 16.6 Å². The van der Waals surface area contributed by atoms with Crippen molar-refractivity contribution in [3.8, 4) is 0 Å². The van der Waals surface area contributed by atoms with Gasteiger partial charge in [-0.2, -0.15) is 5.48 Å². The molecule has 1 aliphatic rings. The predicted molar refractivity (Wildman–Crippen MR) is 70.7 cm³/mol. The highest BCUT2D eigenvalue weighted by Gasteiger charge is 2.53. The number of hydroxylamine groups is 1. The van der Waals surface area contributed by atoms with E-state index in [2.05, 4.69) is 5.48 Å². The Bertz CT molecular complexity index is 340. The fraction of sp³-hybridized carbons (Fsp3) is 0.929. The van der Waals surface area contributed by atoms with Crippen LogP contribution in [0.5, 0.6) is 0 Å². The van der Waals surface area contributed by atoms with Gasteiger partial charge < -0.3 is 5.11 Å². The van der Waals surface area contributed by atoms with Crippen LogP contribution in [-0.4, -0.2) is 22.2 Å². The minimum absolute atomic E-state index is 0.143. The molecule has 1 heterocycles. The number of Topliss-reactive ketones (excluding diaryl/α,β-unsaturated/α-hetero) is 1. The van der Waals surface area contributed by atoms with Crippen molar-refractivity contribution in [1.82, 2.24) is 5.48 Å². The molecule has 2 N–H and O–H groups in total. The van der Waals surface area contributed by atoms with E-state index in [0.29, 0.717) is 12.8 Å². The maximum absolute atomic E-state index is 12.1. The smallest absolute Gasteiger partial charge is 0.145 e. The zero-order chi connectivity index (χ0) is 14.4. The molecule has 18 heavy (non-hydrogen) atoms. The Kier molecular flexibility index (Phi) is 3.72. The molecule has 2 atom stereocenters. The number of nitrogens with one attached hydrogen (secondary N) is 1. The molecule has 0 aromatic heterocycles. The zero-order valence-corrected chi connectivity index (χ0v) is 12.7. The second-order valence-corrected chi connectivity index (χ2v) is 7.79. The third kappa shape index (κ3) is 3.11. The van der Waals surface area contributed by atoms with Crippen molar-refractivity contribution in [2.75, 3.05) is 0 Å². The molecule has 0 aliphatic carbocycles. The summed E-state index contributed by atoms with van der Waals surface area (Å²) in [6, 6.07) is 0. The van der Waals surface area contributed by atoms with E-state index in [4.69, 9.17) is 4.84 Å². The van der Waals surface area contributed by atoms with Crippen molar-refractivity contribution in [2.24, 2.45) is 10.8 Å². The average molecular weight is 257 g/mol. The maximum Gasteiger partial charge on any atom is 0.145 e. The summed E-state index contributed by atoms with van der Waals surface area (Å²) in [7, 11) is 0. The Balaban J connectivity index is 2.79. The number of aliphatic hydroxyl groups is 1. The summed E-state index contributed by atoms with van der Waals surface area (Å²) in [5.41, 5.74) is 0.248. The highest BCUT2D eigenvalue weighted by atomic mass is 16.7. The van der Waals surface area contributed by atoms with Gasteiger partial charge in [0.25, 0.3) is 0 Å². The van der Waals surface area contributed by atoms with Crippen LogP contribution in [0.1, 0.15) is 61.3 Å². The first-order valence-corrected chi connectivity index (χ1v) is 6.50. The van der Waals surface area contributed by atoms with Gasteiger partial charge in [-0.15, -0.1) is 0 Å². The fourth-order valence-electron chi connectivity index (χ4n) is 1.94. The van der Waals surface area contributed by atoms with Crippen molar-refractivity contribution in [1.29, 1.82) is 0 Å². The standard InChI is InChI=1S/C14H27NO3/c1-11(2,3)10(16)8-13(7)9-14(17,15-18-13)12(4,5)6/h15,17H,8-9H2,1-7H3. The van der Waals surface area contributed by atoms with Crippen LogP contribution >= 0.6 is 0 Å². The monoisotopic (exact) mass is 257 g/mol. The van der Waals surface area contributed by atoms with Crippen molar-refractivity contribution < 1.29 is 14.7 Å². The topological polar surface area (TPSA) is 58.6 Å². The summed E-state index contributed by atoms with van der Waals surface area (Å²) >= 11 is 0. The van der Waals surface area contributed by atoms with Gasteiger partial charge in [0.2, 0.25) is 0 Å². The molecule has 106 valence electrons. The summed E-state index contributed by atoms with van der Waals surface area (Å²) in [5.74, 6) is 0.143. The molecule has 4 nitrogen and oxygen atoms in total. The van der Waals surface area contributed by atoms with Crippen molar-refractivity contribution >= 4 is 5.78 Å². The van der Waals surface area contributed by atoms with Gasteiger partial charge in [-0.3, -0.25) is 9.63 Å². The van der Waals surface area contributed by atoms with Gasteiger partial charge in [0, 0.05) is 23.7 Å². The van der Waals surface area contributed by atoms with Crippen LogP contribution in [0, 0.1) is 10.8 Å². The lowest BCUT2D eigenvalue weighted by Gasteiger charge is -2.36. The Labute approximate surface area is 110 Å². The summed E-state index contributed by atoms with van der Waals surface area (Å²) in [5, 5.41) is 10.5. The van der Waals surface area contributed by atoms with Gasteiger partial charge in [-0.25, -0.2) is 0 Å². The first-order valence-electron chi connectivity index (χ1n) is 6.50. The van der Waals surface area contributed by atoms with E-state index in [1.807, 2.05) is 48.5 Å². The molecule has 4 heteroatoms. The predicted octanol–water partition coefficient (Wildman–Crippen LogP) is 2.41.